The van der Waals surface area contributed by atoms with Gasteiger partial charge < -0.3 is 24.0 Å². The zero-order valence-electron chi connectivity index (χ0n) is 18.6. The van der Waals surface area contributed by atoms with Gasteiger partial charge in [-0.25, -0.2) is 9.78 Å². The number of likely N-dealkylation sites (tertiary alicyclic amines) is 1. The number of fused-ring (bicyclic) bond motifs is 1. The molecule has 1 aromatic heterocycles. The van der Waals surface area contributed by atoms with Crippen LogP contribution in [0, 0.1) is 0 Å². The minimum atomic E-state index is -4.61. The van der Waals surface area contributed by atoms with Gasteiger partial charge in [0.05, 0.1) is 6.54 Å². The summed E-state index contributed by atoms with van der Waals surface area (Å²) in [6.45, 7) is 5.96. The topological polar surface area (TPSA) is 88.0 Å². The Kier molecular flexibility index (Phi) is 6.43. The maximum atomic E-state index is 13.1. The van der Waals surface area contributed by atoms with E-state index in [0.29, 0.717) is 38.3 Å². The lowest BCUT2D eigenvalue weighted by molar-refractivity contribution is -0.200. The molecule has 32 heavy (non-hydrogen) atoms. The van der Waals surface area contributed by atoms with Crippen molar-refractivity contribution < 1.29 is 32.3 Å². The largest absolute Gasteiger partial charge is 0.437 e. The van der Waals surface area contributed by atoms with Crippen LogP contribution in [0.5, 0.6) is 0 Å². The molecule has 178 valence electrons. The minimum Gasteiger partial charge on any atom is -0.437 e. The van der Waals surface area contributed by atoms with E-state index >= 15 is 0 Å². The molecule has 1 saturated heterocycles. The number of rotatable bonds is 3. The summed E-state index contributed by atoms with van der Waals surface area (Å²) in [5, 5.41) is 0. The Labute approximate surface area is 184 Å². The summed E-state index contributed by atoms with van der Waals surface area (Å²) in [4.78, 5) is 45.6. The van der Waals surface area contributed by atoms with E-state index < -0.39 is 23.9 Å². The van der Waals surface area contributed by atoms with Gasteiger partial charge in [0.1, 0.15) is 11.5 Å². The third-order valence-corrected chi connectivity index (χ3v) is 6.42. The second kappa shape index (κ2) is 8.62. The van der Waals surface area contributed by atoms with Crippen LogP contribution in [-0.2, 0) is 22.6 Å². The molecule has 0 bridgehead atoms. The lowest BCUT2D eigenvalue weighted by Gasteiger charge is -2.44. The van der Waals surface area contributed by atoms with Crippen LogP contribution in [0.4, 0.5) is 18.0 Å². The van der Waals surface area contributed by atoms with Crippen LogP contribution in [-0.4, -0.2) is 86.7 Å². The highest BCUT2D eigenvalue weighted by Gasteiger charge is 2.42. The Hall–Kier alpha value is -2.79. The molecule has 0 aliphatic carbocycles. The first-order chi connectivity index (χ1) is 14.8. The molecule has 3 rings (SSSR count). The van der Waals surface area contributed by atoms with Crippen molar-refractivity contribution in [1.82, 2.24) is 24.3 Å². The minimum absolute atomic E-state index is 0.0494. The van der Waals surface area contributed by atoms with Crippen molar-refractivity contribution in [2.24, 2.45) is 0 Å². The van der Waals surface area contributed by atoms with Crippen LogP contribution >= 0.6 is 0 Å². The Morgan fingerprint density at radius 2 is 1.78 bits per heavy atom. The third kappa shape index (κ3) is 4.83. The molecule has 0 spiro atoms. The van der Waals surface area contributed by atoms with Crippen LogP contribution in [0.25, 0.3) is 0 Å². The van der Waals surface area contributed by atoms with Gasteiger partial charge in [-0.3, -0.25) is 9.59 Å². The highest BCUT2D eigenvalue weighted by Crippen LogP contribution is 2.30. The average molecular weight is 459 g/mol. The molecule has 1 unspecified atom stereocenters. The fourth-order valence-electron chi connectivity index (χ4n) is 3.84. The third-order valence-electron chi connectivity index (χ3n) is 6.42. The van der Waals surface area contributed by atoms with E-state index in [0.717, 1.165) is 6.92 Å². The summed E-state index contributed by atoms with van der Waals surface area (Å²) in [6, 6.07) is 0. The Morgan fingerprint density at radius 3 is 2.34 bits per heavy atom. The lowest BCUT2D eigenvalue weighted by atomic mass is 9.88. The summed E-state index contributed by atoms with van der Waals surface area (Å²) >= 11 is 0. The van der Waals surface area contributed by atoms with Crippen LogP contribution in [0.1, 0.15) is 49.9 Å². The summed E-state index contributed by atoms with van der Waals surface area (Å²) in [7, 11) is 1.66. The molecule has 0 radical (unpaired) electrons. The summed E-state index contributed by atoms with van der Waals surface area (Å²) < 4.78 is 44.3. The number of amides is 3. The lowest BCUT2D eigenvalue weighted by Crippen LogP contribution is -2.55. The molecule has 1 fully saturated rings. The van der Waals surface area contributed by atoms with Gasteiger partial charge in [-0.15, -0.1) is 0 Å². The predicted octanol–water partition coefficient (Wildman–Crippen LogP) is 2.26. The Balaban J connectivity index is 1.61. The molecule has 0 N–H and O–H groups in total. The van der Waals surface area contributed by atoms with Gasteiger partial charge in [0.15, 0.2) is 6.10 Å². The molecule has 2 aliphatic rings. The van der Waals surface area contributed by atoms with Gasteiger partial charge in [0.25, 0.3) is 5.91 Å². The number of nitrogens with zero attached hydrogens (tertiary/aromatic N) is 5. The second-order valence-electron chi connectivity index (χ2n) is 8.59. The number of hydrogen-bond acceptors (Lipinski definition) is 5. The maximum Gasteiger partial charge on any atom is 0.425 e. The van der Waals surface area contributed by atoms with Gasteiger partial charge in [0, 0.05) is 51.9 Å². The molecular formula is C20H28F3N5O4. The first-order valence-electron chi connectivity index (χ1n) is 10.4. The van der Waals surface area contributed by atoms with Crippen LogP contribution in [0.3, 0.4) is 0 Å². The van der Waals surface area contributed by atoms with Crippen molar-refractivity contribution in [1.29, 1.82) is 0 Å². The molecule has 2 aliphatic heterocycles. The highest BCUT2D eigenvalue weighted by atomic mass is 19.4. The van der Waals surface area contributed by atoms with Crippen molar-refractivity contribution in [3.8, 4) is 0 Å². The van der Waals surface area contributed by atoms with E-state index in [1.165, 1.54) is 11.8 Å². The number of piperidine rings is 1. The first kappa shape index (κ1) is 23.9. The van der Waals surface area contributed by atoms with Crippen LogP contribution in [0.15, 0.2) is 6.20 Å². The van der Waals surface area contributed by atoms with Crippen molar-refractivity contribution in [3.63, 3.8) is 0 Å². The van der Waals surface area contributed by atoms with Gasteiger partial charge in [-0.05, 0) is 26.7 Å². The summed E-state index contributed by atoms with van der Waals surface area (Å²) in [6.07, 6.45) is -5.36. The molecular weight excluding hydrogens is 431 g/mol. The van der Waals surface area contributed by atoms with E-state index in [2.05, 4.69) is 9.72 Å². The fourth-order valence-corrected chi connectivity index (χ4v) is 3.84. The Bertz CT molecular complexity index is 892. The molecule has 1 atom stereocenters. The molecule has 0 saturated carbocycles. The number of carbonyl (C=O) groups is 3. The maximum absolute atomic E-state index is 13.1. The van der Waals surface area contributed by atoms with Crippen molar-refractivity contribution >= 4 is 17.9 Å². The number of carbonyl (C=O) groups excluding carboxylic acids is 3. The number of hydrogen-bond donors (Lipinski definition) is 0. The number of alkyl halides is 3. The zero-order chi connectivity index (χ0) is 23.8. The SMILES string of the molecule is CC(=O)N1CCn2cc(C(=O)N(C)C3(C)CCN(C(=O)OC(C)C(F)(F)F)CC3)nc2C1. The molecule has 12 heteroatoms. The molecule has 3 amide bonds. The van der Waals surface area contributed by atoms with E-state index in [9.17, 15) is 27.6 Å². The second-order valence-corrected chi connectivity index (χ2v) is 8.59. The van der Waals surface area contributed by atoms with E-state index in [1.54, 1.807) is 23.0 Å². The highest BCUT2D eigenvalue weighted by molar-refractivity contribution is 5.92. The molecule has 3 heterocycles. The van der Waals surface area contributed by atoms with Crippen molar-refractivity contribution in [2.75, 3.05) is 26.7 Å². The van der Waals surface area contributed by atoms with Crippen molar-refractivity contribution in [3.05, 3.63) is 17.7 Å². The fraction of sp³-hybridized carbons (Fsp3) is 0.700. The molecule has 9 nitrogen and oxygen atoms in total. The van der Waals surface area contributed by atoms with E-state index in [1.807, 2.05) is 11.5 Å². The van der Waals surface area contributed by atoms with Crippen LogP contribution in [0.2, 0.25) is 0 Å². The van der Waals surface area contributed by atoms with Gasteiger partial charge in [-0.1, -0.05) is 0 Å². The smallest absolute Gasteiger partial charge is 0.425 e. The summed E-state index contributed by atoms with van der Waals surface area (Å²) in [5.74, 6) is 0.307. The van der Waals surface area contributed by atoms with Crippen molar-refractivity contribution in [2.45, 2.75) is 64.5 Å². The van der Waals surface area contributed by atoms with Gasteiger partial charge >= 0.3 is 12.3 Å². The quantitative estimate of drug-likeness (QED) is 0.692. The average Bonchev–Trinajstić information content (AvgIpc) is 3.15. The number of ether oxygens (including phenoxy) is 1. The Morgan fingerprint density at radius 1 is 1.16 bits per heavy atom. The standard InChI is InChI=1S/C20H28F3N5O4/c1-13(20(21,22)23)32-18(31)26-7-5-19(3,6-8-26)25(4)17(30)15-11-28-10-9-27(14(2)29)12-16(28)24-15/h11,13H,5-10,12H2,1-4H3. The zero-order valence-corrected chi connectivity index (χ0v) is 18.6. The van der Waals surface area contributed by atoms with E-state index in [-0.39, 0.29) is 30.6 Å². The monoisotopic (exact) mass is 459 g/mol. The summed E-state index contributed by atoms with van der Waals surface area (Å²) in [5.41, 5.74) is -0.325. The van der Waals surface area contributed by atoms with Crippen LogP contribution < -0.4 is 0 Å². The molecule has 0 aromatic carbocycles. The van der Waals surface area contributed by atoms with Gasteiger partial charge in [-0.2, -0.15) is 13.2 Å². The first-order valence-corrected chi connectivity index (χ1v) is 10.4. The van der Waals surface area contributed by atoms with Gasteiger partial charge in [0.2, 0.25) is 5.91 Å². The normalized spacial score (nSPS) is 19.2. The van der Waals surface area contributed by atoms with E-state index in [4.69, 9.17) is 0 Å². The number of imidazole rings is 1. The predicted molar refractivity (Wildman–Crippen MR) is 107 cm³/mol. The molecule has 1 aromatic rings. The number of aromatic nitrogens is 2. The number of halogens is 3.